The maximum atomic E-state index is 2.60. The van der Waals surface area contributed by atoms with E-state index in [0.717, 1.165) is 10.0 Å². The van der Waals surface area contributed by atoms with Gasteiger partial charge in [-0.05, 0) is 0 Å². The second kappa shape index (κ2) is 9.25. The van der Waals surface area contributed by atoms with Gasteiger partial charge in [0.2, 0.25) is 0 Å². The quantitative estimate of drug-likeness (QED) is 0.495. The third-order valence-electron chi connectivity index (χ3n) is 6.13. The zero-order valence-electron chi connectivity index (χ0n) is 18.3. The first-order valence-corrected chi connectivity index (χ1v) is 14.2. The van der Waals surface area contributed by atoms with E-state index < -0.39 is 21.8 Å². The molecule has 0 N–H and O–H groups in total. The topological polar surface area (TPSA) is 0 Å². The van der Waals surface area contributed by atoms with Gasteiger partial charge in [0.25, 0.3) is 0 Å². The summed E-state index contributed by atoms with van der Waals surface area (Å²) >= 11 is -1.98. The van der Waals surface area contributed by atoms with Crippen LogP contribution in [0.5, 0.6) is 0 Å². The third kappa shape index (κ3) is 4.53. The molecule has 0 spiro atoms. The Morgan fingerprint density at radius 2 is 1.59 bits per heavy atom. The molecule has 0 saturated carbocycles. The summed E-state index contributed by atoms with van der Waals surface area (Å²) in [6, 6.07) is 16.1. The van der Waals surface area contributed by atoms with Crippen molar-refractivity contribution in [2.45, 2.75) is 51.6 Å². The molecule has 0 amide bonds. The van der Waals surface area contributed by atoms with E-state index in [1.165, 1.54) is 16.7 Å². The van der Waals surface area contributed by atoms with E-state index >= 15 is 0 Å². The first kappa shape index (κ1) is 24.7. The van der Waals surface area contributed by atoms with Crippen molar-refractivity contribution in [3.63, 3.8) is 0 Å². The summed E-state index contributed by atoms with van der Waals surface area (Å²) < 4.78 is 4.31. The molecule has 1 atom stereocenters. The number of allylic oxidation sites excluding steroid dienone is 4. The molecule has 0 aromatic heterocycles. The fourth-order valence-corrected chi connectivity index (χ4v) is 12.8. The van der Waals surface area contributed by atoms with Crippen molar-refractivity contribution in [2.75, 3.05) is 0 Å². The van der Waals surface area contributed by atoms with E-state index in [9.17, 15) is 0 Å². The maximum Gasteiger partial charge on any atom is -1.00 e. The average Bonchev–Trinajstić information content (AvgIpc) is 3.16. The molecule has 153 valence electrons. The maximum absolute atomic E-state index is 2.60. The van der Waals surface area contributed by atoms with Crippen LogP contribution < -0.4 is 28.1 Å². The van der Waals surface area contributed by atoms with E-state index in [-0.39, 0.29) is 30.2 Å². The number of halogens is 2. The standard InChI is InChI=1S/C13H9.C10H15.C3H7.2ClH.Zr/c1-3-7-12-10(5-1)9-11-6-2-4-8-13(11)12;1-8-5-6-9(7-8)10(2,3)4;1-3-2;;;/h1-5,7-8H,9H2;6-8H,1-4H3;3H,1-2H3;2*1H;/q;;;;;+2/p-2. The molecule has 1 unspecified atom stereocenters. The van der Waals surface area contributed by atoms with Gasteiger partial charge in [0.1, 0.15) is 0 Å². The molecule has 29 heavy (non-hydrogen) atoms. The SMILES string of the molecule is CC1C=C(C(C)(C)C)C=[C]1[Zr+2]([c]1cccc2c1Cc1ccccc1-2)[CH](C)C.[Cl-].[Cl-]. The van der Waals surface area contributed by atoms with Gasteiger partial charge in [0, 0.05) is 0 Å². The summed E-state index contributed by atoms with van der Waals surface area (Å²) in [4.78, 5) is 0. The van der Waals surface area contributed by atoms with Crippen molar-refractivity contribution in [3.05, 3.63) is 74.6 Å². The van der Waals surface area contributed by atoms with Crippen LogP contribution >= 0.6 is 0 Å². The monoisotopic (exact) mass is 503 g/mol. The fraction of sp³-hybridized carbons (Fsp3) is 0.385. The summed E-state index contributed by atoms with van der Waals surface area (Å²) in [5.41, 5.74) is 7.89. The minimum absolute atomic E-state index is 0. The van der Waals surface area contributed by atoms with Gasteiger partial charge in [-0.25, -0.2) is 0 Å². The van der Waals surface area contributed by atoms with Crippen molar-refractivity contribution in [1.82, 2.24) is 0 Å². The Morgan fingerprint density at radius 3 is 2.21 bits per heavy atom. The Labute approximate surface area is 197 Å². The summed E-state index contributed by atoms with van der Waals surface area (Å²) in [7, 11) is 0. The summed E-state index contributed by atoms with van der Waals surface area (Å²) in [5, 5.41) is 0. The van der Waals surface area contributed by atoms with Crippen molar-refractivity contribution >= 4 is 3.27 Å². The van der Waals surface area contributed by atoms with Crippen LogP contribution in [0.15, 0.2) is 63.5 Å². The number of rotatable bonds is 3. The minimum Gasteiger partial charge on any atom is -1.00 e. The predicted octanol–water partition coefficient (Wildman–Crippen LogP) is 0.844. The molecule has 2 aromatic rings. The summed E-state index contributed by atoms with van der Waals surface area (Å²) in [6.07, 6.45) is 6.26. The number of fused-ring (bicyclic) bond motifs is 3. The van der Waals surface area contributed by atoms with Crippen LogP contribution in [0.1, 0.15) is 52.7 Å². The van der Waals surface area contributed by atoms with E-state index in [2.05, 4.69) is 96.2 Å². The minimum atomic E-state index is -1.98. The smallest absolute Gasteiger partial charge is 1.00 e. The Balaban J connectivity index is 0.00000150. The molecule has 2 aromatic carbocycles. The van der Waals surface area contributed by atoms with Gasteiger partial charge < -0.3 is 24.8 Å². The van der Waals surface area contributed by atoms with E-state index in [1.54, 1.807) is 17.7 Å². The van der Waals surface area contributed by atoms with Gasteiger partial charge in [-0.2, -0.15) is 0 Å². The molecule has 0 heterocycles. The van der Waals surface area contributed by atoms with Gasteiger partial charge in [0.05, 0.1) is 0 Å². The number of hydrogen-bond acceptors (Lipinski definition) is 0. The van der Waals surface area contributed by atoms with E-state index in [4.69, 9.17) is 0 Å². The Kier molecular flexibility index (Phi) is 7.87. The molecule has 2 aliphatic rings. The van der Waals surface area contributed by atoms with Gasteiger partial charge in [0.15, 0.2) is 0 Å². The second-order valence-corrected chi connectivity index (χ2v) is 17.1. The van der Waals surface area contributed by atoms with E-state index in [0.29, 0.717) is 5.92 Å². The zero-order chi connectivity index (χ0) is 19.3. The van der Waals surface area contributed by atoms with Crippen LogP contribution in [0.25, 0.3) is 11.1 Å². The Hall–Kier alpha value is -0.617. The average molecular weight is 506 g/mol. The fourth-order valence-electron chi connectivity index (χ4n) is 4.71. The predicted molar refractivity (Wildman–Crippen MR) is 114 cm³/mol. The molecule has 0 fully saturated rings. The van der Waals surface area contributed by atoms with Gasteiger partial charge in [-0.1, -0.05) is 0 Å². The van der Waals surface area contributed by atoms with Crippen molar-refractivity contribution in [3.8, 4) is 11.1 Å². The van der Waals surface area contributed by atoms with Crippen LogP contribution in [-0.4, -0.2) is 0 Å². The molecule has 0 aliphatic heterocycles. The van der Waals surface area contributed by atoms with Crippen molar-refractivity contribution in [1.29, 1.82) is 0 Å². The van der Waals surface area contributed by atoms with Crippen LogP contribution in [0.4, 0.5) is 0 Å². The van der Waals surface area contributed by atoms with Crippen molar-refractivity contribution in [2.24, 2.45) is 11.3 Å². The summed E-state index contributed by atoms with van der Waals surface area (Å²) in [5.74, 6) is 0.607. The first-order chi connectivity index (χ1) is 12.8. The zero-order valence-corrected chi connectivity index (χ0v) is 22.3. The second-order valence-electron chi connectivity index (χ2n) is 9.49. The van der Waals surface area contributed by atoms with Gasteiger partial charge >= 0.3 is 174 Å². The molecule has 0 bridgehead atoms. The van der Waals surface area contributed by atoms with Crippen LogP contribution in [-0.2, 0) is 28.2 Å². The molecular weight excluding hydrogens is 474 g/mol. The van der Waals surface area contributed by atoms with Crippen LogP contribution in [0, 0.1) is 11.3 Å². The van der Waals surface area contributed by atoms with Crippen LogP contribution in [0.2, 0.25) is 3.63 Å². The molecule has 4 rings (SSSR count). The molecule has 0 saturated heterocycles. The van der Waals surface area contributed by atoms with Crippen LogP contribution in [0.3, 0.4) is 0 Å². The normalized spacial score (nSPS) is 17.0. The van der Waals surface area contributed by atoms with E-state index in [1.807, 2.05) is 0 Å². The van der Waals surface area contributed by atoms with Gasteiger partial charge in [-0.3, -0.25) is 0 Å². The first-order valence-electron chi connectivity index (χ1n) is 10.3. The Bertz CT molecular complexity index is 947. The van der Waals surface area contributed by atoms with Gasteiger partial charge in [-0.15, -0.1) is 0 Å². The molecule has 0 nitrogen and oxygen atoms in total. The summed E-state index contributed by atoms with van der Waals surface area (Å²) in [6.45, 7) is 14.4. The molecular formula is C26H31Cl2Zr. The largest absolute Gasteiger partial charge is 1.00 e. The number of benzene rings is 2. The number of hydrogen-bond donors (Lipinski definition) is 0. The Morgan fingerprint density at radius 1 is 0.931 bits per heavy atom. The molecule has 2 aliphatic carbocycles. The molecule has 3 heteroatoms. The molecule has 0 radical (unpaired) electrons. The van der Waals surface area contributed by atoms with Crippen molar-refractivity contribution < 1.29 is 46.6 Å². The third-order valence-corrected chi connectivity index (χ3v) is 14.5.